The minimum absolute atomic E-state index is 0.0472. The fourth-order valence-electron chi connectivity index (χ4n) is 4.49. The molecule has 1 unspecified atom stereocenters. The van der Waals surface area contributed by atoms with Gasteiger partial charge in [0.15, 0.2) is 0 Å². The van der Waals surface area contributed by atoms with Gasteiger partial charge in [-0.25, -0.2) is 0 Å². The van der Waals surface area contributed by atoms with E-state index >= 15 is 0 Å². The number of H-pyrrole nitrogens is 1. The van der Waals surface area contributed by atoms with Crippen LogP contribution in [0.4, 0.5) is 0 Å². The van der Waals surface area contributed by atoms with E-state index in [-0.39, 0.29) is 11.3 Å². The molecule has 1 amide bonds. The van der Waals surface area contributed by atoms with E-state index in [2.05, 4.69) is 20.4 Å². The van der Waals surface area contributed by atoms with Crippen molar-refractivity contribution >= 4 is 5.91 Å². The highest BCUT2D eigenvalue weighted by molar-refractivity contribution is 5.95. The lowest BCUT2D eigenvalue weighted by Crippen LogP contribution is -2.47. The lowest BCUT2D eigenvalue weighted by molar-refractivity contribution is 0.0633. The maximum atomic E-state index is 13.2. The van der Waals surface area contributed by atoms with Crippen LogP contribution in [0.1, 0.15) is 40.9 Å². The maximum Gasteiger partial charge on any atom is 0.253 e. The highest BCUT2D eigenvalue weighted by Gasteiger charge is 2.44. The molecule has 132 valence electrons. The van der Waals surface area contributed by atoms with Crippen LogP contribution in [0.15, 0.2) is 43.1 Å². The second-order valence-corrected chi connectivity index (χ2v) is 7.30. The van der Waals surface area contributed by atoms with Crippen molar-refractivity contribution in [3.8, 4) is 5.69 Å². The number of carbonyl (C=O) groups is 1. The molecule has 3 aromatic rings. The van der Waals surface area contributed by atoms with Crippen LogP contribution >= 0.6 is 0 Å². The Morgan fingerprint density at radius 2 is 2.08 bits per heavy atom. The van der Waals surface area contributed by atoms with Crippen molar-refractivity contribution in [2.45, 2.75) is 31.1 Å². The van der Waals surface area contributed by atoms with Gasteiger partial charge in [0, 0.05) is 35.4 Å². The Labute approximate surface area is 151 Å². The molecule has 1 aromatic carbocycles. The Balaban J connectivity index is 1.42. The van der Waals surface area contributed by atoms with E-state index in [0.717, 1.165) is 44.5 Å². The van der Waals surface area contributed by atoms with Crippen LogP contribution in [-0.4, -0.2) is 48.9 Å². The van der Waals surface area contributed by atoms with Gasteiger partial charge < -0.3 is 4.90 Å². The van der Waals surface area contributed by atoms with Crippen LogP contribution in [0, 0.1) is 0 Å². The average molecular weight is 348 g/mol. The van der Waals surface area contributed by atoms with Gasteiger partial charge in [0.25, 0.3) is 5.91 Å². The smallest absolute Gasteiger partial charge is 0.253 e. The fourth-order valence-corrected chi connectivity index (χ4v) is 4.49. The number of nitrogens with zero attached hydrogens (tertiary/aromatic N) is 5. The number of likely N-dealkylation sites (tertiary alicyclic amines) is 1. The summed E-state index contributed by atoms with van der Waals surface area (Å²) in [5.74, 6) is 0.0898. The summed E-state index contributed by atoms with van der Waals surface area (Å²) in [6, 6.07) is 7.65. The third-order valence-corrected chi connectivity index (χ3v) is 5.80. The first-order valence-electron chi connectivity index (χ1n) is 9.02. The van der Waals surface area contributed by atoms with Crippen LogP contribution in [-0.2, 0) is 11.8 Å². The Bertz CT molecular complexity index is 947. The number of fused-ring (bicyclic) bond motifs is 2. The fraction of sp³-hybridized carbons (Fsp3) is 0.368. The molecule has 7 heteroatoms. The summed E-state index contributed by atoms with van der Waals surface area (Å²) in [5, 5.41) is 15.1. The van der Waals surface area contributed by atoms with E-state index in [1.54, 1.807) is 12.7 Å². The quantitative estimate of drug-likeness (QED) is 0.769. The molecule has 2 aromatic heterocycles. The van der Waals surface area contributed by atoms with Crippen LogP contribution in [0.25, 0.3) is 5.69 Å². The molecule has 0 radical (unpaired) electrons. The predicted octanol–water partition coefficient (Wildman–Crippen LogP) is 2.11. The van der Waals surface area contributed by atoms with Crippen LogP contribution < -0.4 is 0 Å². The number of hydrogen-bond donors (Lipinski definition) is 1. The first-order chi connectivity index (χ1) is 12.8. The van der Waals surface area contributed by atoms with E-state index in [0.29, 0.717) is 5.56 Å². The van der Waals surface area contributed by atoms with Gasteiger partial charge in [0.05, 0.1) is 6.20 Å². The second-order valence-electron chi connectivity index (χ2n) is 7.30. The van der Waals surface area contributed by atoms with Gasteiger partial charge in [-0.1, -0.05) is 6.07 Å². The number of aromatic amines is 1. The molecule has 2 aliphatic rings. The van der Waals surface area contributed by atoms with Crippen molar-refractivity contribution in [2.75, 3.05) is 13.1 Å². The normalized spacial score (nSPS) is 21.9. The standard InChI is InChI=1S/C19H20N6O/c26-18(14-3-1-4-16(9-14)25-12-21-22-13-25)24-8-2-6-19(11-24)7-5-15-10-20-23-17(15)19/h1,3-4,9-10,12-13H,2,5-8,11H2,(H,20,23). The van der Waals surface area contributed by atoms with Gasteiger partial charge >= 0.3 is 0 Å². The first-order valence-corrected chi connectivity index (χ1v) is 9.02. The Hall–Kier alpha value is -2.96. The van der Waals surface area contributed by atoms with E-state index in [9.17, 15) is 4.79 Å². The van der Waals surface area contributed by atoms with Crippen LogP contribution in [0.5, 0.6) is 0 Å². The zero-order valence-electron chi connectivity index (χ0n) is 14.4. The summed E-state index contributed by atoms with van der Waals surface area (Å²) in [7, 11) is 0. The van der Waals surface area contributed by atoms with Crippen molar-refractivity contribution in [1.82, 2.24) is 29.9 Å². The predicted molar refractivity (Wildman–Crippen MR) is 95.1 cm³/mol. The molecule has 26 heavy (non-hydrogen) atoms. The summed E-state index contributed by atoms with van der Waals surface area (Å²) in [5.41, 5.74) is 4.20. The SMILES string of the molecule is O=C(c1cccc(-n2cnnc2)c1)N1CCCC2(CCc3cn[nH]c32)C1. The van der Waals surface area contributed by atoms with Crippen molar-refractivity contribution in [3.05, 3.63) is 59.9 Å². The zero-order valence-corrected chi connectivity index (χ0v) is 14.4. The number of aromatic nitrogens is 5. The zero-order chi connectivity index (χ0) is 17.6. The maximum absolute atomic E-state index is 13.2. The number of benzene rings is 1. The lowest BCUT2D eigenvalue weighted by atomic mass is 9.77. The molecule has 0 bridgehead atoms. The van der Waals surface area contributed by atoms with Crippen LogP contribution in [0.3, 0.4) is 0 Å². The Morgan fingerprint density at radius 1 is 1.19 bits per heavy atom. The molecule has 1 aliphatic carbocycles. The lowest BCUT2D eigenvalue weighted by Gasteiger charge is -2.40. The second kappa shape index (κ2) is 5.79. The van der Waals surface area contributed by atoms with Gasteiger partial charge in [-0.2, -0.15) is 5.10 Å². The number of nitrogens with one attached hydrogen (secondary N) is 1. The van der Waals surface area contributed by atoms with E-state index in [4.69, 9.17) is 0 Å². The molecule has 1 saturated heterocycles. The number of aryl methyl sites for hydroxylation is 1. The highest BCUT2D eigenvalue weighted by atomic mass is 16.2. The van der Waals surface area contributed by atoms with E-state index < -0.39 is 0 Å². The number of rotatable bonds is 2. The summed E-state index contributed by atoms with van der Waals surface area (Å²) in [4.78, 5) is 15.2. The minimum Gasteiger partial charge on any atom is -0.338 e. The molecule has 0 saturated carbocycles. The number of piperidine rings is 1. The summed E-state index contributed by atoms with van der Waals surface area (Å²) in [6.07, 6.45) is 9.50. The summed E-state index contributed by atoms with van der Waals surface area (Å²) < 4.78 is 1.81. The van der Waals surface area contributed by atoms with Gasteiger partial charge in [-0.15, -0.1) is 10.2 Å². The van der Waals surface area contributed by atoms with Gasteiger partial charge in [-0.05, 0) is 49.4 Å². The van der Waals surface area contributed by atoms with Crippen molar-refractivity contribution in [2.24, 2.45) is 0 Å². The monoisotopic (exact) mass is 348 g/mol. The third-order valence-electron chi connectivity index (χ3n) is 5.80. The topological polar surface area (TPSA) is 79.7 Å². The minimum atomic E-state index is 0.0472. The number of hydrogen-bond acceptors (Lipinski definition) is 4. The number of amides is 1. The van der Waals surface area contributed by atoms with Crippen molar-refractivity contribution in [3.63, 3.8) is 0 Å². The van der Waals surface area contributed by atoms with Gasteiger partial charge in [0.1, 0.15) is 12.7 Å². The van der Waals surface area contributed by atoms with Crippen molar-refractivity contribution < 1.29 is 4.79 Å². The Kier molecular flexibility index (Phi) is 3.41. The van der Waals surface area contributed by atoms with E-state index in [1.807, 2.05) is 39.9 Å². The van der Waals surface area contributed by atoms with Crippen molar-refractivity contribution in [1.29, 1.82) is 0 Å². The molecule has 7 nitrogen and oxygen atoms in total. The van der Waals surface area contributed by atoms with Gasteiger partial charge in [0.2, 0.25) is 0 Å². The van der Waals surface area contributed by atoms with Gasteiger partial charge in [-0.3, -0.25) is 14.5 Å². The molecule has 1 N–H and O–H groups in total. The number of carbonyl (C=O) groups excluding carboxylic acids is 1. The highest BCUT2D eigenvalue weighted by Crippen LogP contribution is 2.44. The summed E-state index contributed by atoms with van der Waals surface area (Å²) in [6.45, 7) is 1.57. The van der Waals surface area contributed by atoms with E-state index in [1.165, 1.54) is 11.3 Å². The molecule has 1 atom stereocenters. The average Bonchev–Trinajstić information content (AvgIpc) is 3.42. The molecule has 1 aliphatic heterocycles. The molecule has 5 rings (SSSR count). The first kappa shape index (κ1) is 15.3. The largest absolute Gasteiger partial charge is 0.338 e. The molecule has 1 fully saturated rings. The molecule has 3 heterocycles. The molecular weight excluding hydrogens is 328 g/mol. The summed E-state index contributed by atoms with van der Waals surface area (Å²) >= 11 is 0. The molecular formula is C19H20N6O. The Morgan fingerprint density at radius 3 is 2.96 bits per heavy atom. The van der Waals surface area contributed by atoms with Crippen LogP contribution in [0.2, 0.25) is 0 Å². The third kappa shape index (κ3) is 2.34. The molecule has 1 spiro atoms.